The third-order valence-corrected chi connectivity index (χ3v) is 3.41. The van der Waals surface area contributed by atoms with E-state index in [-0.39, 0.29) is 5.75 Å². The van der Waals surface area contributed by atoms with Crippen molar-refractivity contribution in [1.82, 2.24) is 5.06 Å². The van der Waals surface area contributed by atoms with Gasteiger partial charge in [-0.2, -0.15) is 0 Å². The lowest BCUT2D eigenvalue weighted by atomic mass is 10.1. The Bertz CT molecular complexity index is 547. The van der Waals surface area contributed by atoms with Crippen LogP contribution in [0.3, 0.4) is 0 Å². The van der Waals surface area contributed by atoms with E-state index in [1.165, 1.54) is 6.42 Å². The van der Waals surface area contributed by atoms with Gasteiger partial charge in [0.2, 0.25) is 0 Å². The van der Waals surface area contributed by atoms with Gasteiger partial charge in [-0.1, -0.05) is 36.8 Å². The van der Waals surface area contributed by atoms with Gasteiger partial charge in [-0.3, -0.25) is 0 Å². The van der Waals surface area contributed by atoms with Crippen LogP contribution in [0.25, 0.3) is 10.8 Å². The number of hydrogen-bond donors (Lipinski definition) is 1. The van der Waals surface area contributed by atoms with Crippen LogP contribution in [0.2, 0.25) is 0 Å². The number of fused-ring (bicyclic) bond motifs is 1. The minimum atomic E-state index is 0.235. The highest BCUT2D eigenvalue weighted by atomic mass is 16.7. The van der Waals surface area contributed by atoms with Crippen molar-refractivity contribution >= 4 is 10.8 Å². The highest BCUT2D eigenvalue weighted by Gasteiger charge is 2.14. The van der Waals surface area contributed by atoms with Crippen LogP contribution in [0, 0.1) is 0 Å². The van der Waals surface area contributed by atoms with Gasteiger partial charge in [0.25, 0.3) is 0 Å². The molecule has 94 valence electrons. The van der Waals surface area contributed by atoms with E-state index in [1.807, 2.05) is 41.5 Å². The fourth-order valence-electron chi connectivity index (χ4n) is 2.40. The van der Waals surface area contributed by atoms with Crippen LogP contribution in [-0.4, -0.2) is 23.3 Å². The Morgan fingerprint density at radius 3 is 2.56 bits per heavy atom. The third kappa shape index (κ3) is 2.14. The molecule has 0 spiro atoms. The summed E-state index contributed by atoms with van der Waals surface area (Å²) < 4.78 is 0. The van der Waals surface area contributed by atoms with E-state index in [9.17, 15) is 5.11 Å². The van der Waals surface area contributed by atoms with Crippen LogP contribution < -0.4 is 4.84 Å². The van der Waals surface area contributed by atoms with E-state index in [0.29, 0.717) is 5.75 Å². The summed E-state index contributed by atoms with van der Waals surface area (Å²) in [6, 6.07) is 11.6. The van der Waals surface area contributed by atoms with Crippen molar-refractivity contribution in [2.24, 2.45) is 0 Å². The molecule has 0 bridgehead atoms. The van der Waals surface area contributed by atoms with Crippen molar-refractivity contribution in [3.63, 3.8) is 0 Å². The fraction of sp³-hybridized carbons (Fsp3) is 0.333. The number of phenols is 1. The molecule has 0 aromatic heterocycles. The molecule has 3 heteroatoms. The van der Waals surface area contributed by atoms with Gasteiger partial charge >= 0.3 is 0 Å². The third-order valence-electron chi connectivity index (χ3n) is 3.41. The second-order valence-electron chi connectivity index (χ2n) is 4.71. The summed E-state index contributed by atoms with van der Waals surface area (Å²) >= 11 is 0. The average Bonchev–Trinajstić information content (AvgIpc) is 2.43. The molecule has 3 nitrogen and oxygen atoms in total. The van der Waals surface area contributed by atoms with E-state index in [2.05, 4.69) is 0 Å². The molecule has 0 atom stereocenters. The Morgan fingerprint density at radius 2 is 1.72 bits per heavy atom. The van der Waals surface area contributed by atoms with Crippen LogP contribution in [-0.2, 0) is 0 Å². The predicted molar refractivity (Wildman–Crippen MR) is 71.7 cm³/mol. The number of piperidine rings is 1. The molecule has 3 rings (SSSR count). The van der Waals surface area contributed by atoms with Crippen LogP contribution in [0.15, 0.2) is 36.4 Å². The van der Waals surface area contributed by atoms with E-state index < -0.39 is 0 Å². The summed E-state index contributed by atoms with van der Waals surface area (Å²) in [6.45, 7) is 1.87. The van der Waals surface area contributed by atoms with Crippen molar-refractivity contribution in [1.29, 1.82) is 0 Å². The summed E-state index contributed by atoms with van der Waals surface area (Å²) in [5.74, 6) is 0.786. The zero-order chi connectivity index (χ0) is 12.4. The largest absolute Gasteiger partial charge is 0.504 e. The number of aromatic hydroxyl groups is 1. The Kier molecular flexibility index (Phi) is 3.07. The summed E-state index contributed by atoms with van der Waals surface area (Å²) in [5.41, 5.74) is 0. The van der Waals surface area contributed by atoms with E-state index in [0.717, 1.165) is 36.7 Å². The first-order valence-electron chi connectivity index (χ1n) is 6.48. The highest BCUT2D eigenvalue weighted by molar-refractivity contribution is 5.90. The SMILES string of the molecule is Oc1c(ON2CCCCC2)ccc2ccccc12. The lowest BCUT2D eigenvalue weighted by Crippen LogP contribution is -2.32. The van der Waals surface area contributed by atoms with E-state index in [1.54, 1.807) is 0 Å². The van der Waals surface area contributed by atoms with Crippen molar-refractivity contribution in [2.75, 3.05) is 13.1 Å². The molecule has 2 aromatic rings. The predicted octanol–water partition coefficient (Wildman–Crippen LogP) is 3.33. The number of benzene rings is 2. The molecule has 18 heavy (non-hydrogen) atoms. The molecule has 1 aliphatic rings. The smallest absolute Gasteiger partial charge is 0.189 e. The van der Waals surface area contributed by atoms with Gasteiger partial charge in [-0.25, -0.2) is 0 Å². The van der Waals surface area contributed by atoms with E-state index in [4.69, 9.17) is 4.84 Å². The molecule has 0 amide bonds. The number of rotatable bonds is 2. The van der Waals surface area contributed by atoms with Crippen LogP contribution in [0.4, 0.5) is 0 Å². The van der Waals surface area contributed by atoms with Gasteiger partial charge < -0.3 is 9.94 Å². The first-order valence-corrected chi connectivity index (χ1v) is 6.48. The second kappa shape index (κ2) is 4.86. The quantitative estimate of drug-likeness (QED) is 0.878. The summed E-state index contributed by atoms with van der Waals surface area (Å²) in [6.07, 6.45) is 3.59. The Balaban J connectivity index is 1.89. The minimum absolute atomic E-state index is 0.235. The summed E-state index contributed by atoms with van der Waals surface area (Å²) in [5, 5.41) is 14.0. The second-order valence-corrected chi connectivity index (χ2v) is 4.71. The molecule has 0 unspecified atom stereocenters. The molecule has 1 fully saturated rings. The van der Waals surface area contributed by atoms with Gasteiger partial charge in [-0.15, -0.1) is 5.06 Å². The zero-order valence-corrected chi connectivity index (χ0v) is 10.3. The molecular weight excluding hydrogens is 226 g/mol. The van der Waals surface area contributed by atoms with Crippen LogP contribution >= 0.6 is 0 Å². The van der Waals surface area contributed by atoms with Gasteiger partial charge in [0.15, 0.2) is 11.5 Å². The molecule has 0 aliphatic carbocycles. The molecule has 0 saturated carbocycles. The molecule has 1 aliphatic heterocycles. The molecule has 1 N–H and O–H groups in total. The number of phenolic OH excluding ortho intramolecular Hbond substituents is 1. The number of hydrogen-bond acceptors (Lipinski definition) is 3. The van der Waals surface area contributed by atoms with Gasteiger partial charge in [0.05, 0.1) is 0 Å². The first kappa shape index (κ1) is 11.4. The maximum Gasteiger partial charge on any atom is 0.189 e. The molecule has 2 aromatic carbocycles. The topological polar surface area (TPSA) is 32.7 Å². The number of hydroxylamine groups is 2. The fourth-order valence-corrected chi connectivity index (χ4v) is 2.40. The number of nitrogens with zero attached hydrogens (tertiary/aromatic N) is 1. The Hall–Kier alpha value is -1.74. The van der Waals surface area contributed by atoms with Gasteiger partial charge in [-0.05, 0) is 24.3 Å². The summed E-state index contributed by atoms with van der Waals surface area (Å²) in [7, 11) is 0. The maximum absolute atomic E-state index is 10.2. The molecule has 0 radical (unpaired) electrons. The lowest BCUT2D eigenvalue weighted by Gasteiger charge is -2.26. The molecular formula is C15H17NO2. The van der Waals surface area contributed by atoms with Crippen LogP contribution in [0.1, 0.15) is 19.3 Å². The zero-order valence-electron chi connectivity index (χ0n) is 10.3. The lowest BCUT2D eigenvalue weighted by molar-refractivity contribution is -0.0734. The normalized spacial score (nSPS) is 16.9. The van der Waals surface area contributed by atoms with Crippen molar-refractivity contribution in [3.05, 3.63) is 36.4 Å². The first-order chi connectivity index (χ1) is 8.84. The monoisotopic (exact) mass is 243 g/mol. The highest BCUT2D eigenvalue weighted by Crippen LogP contribution is 2.34. The molecule has 1 saturated heterocycles. The van der Waals surface area contributed by atoms with Crippen molar-refractivity contribution in [2.45, 2.75) is 19.3 Å². The Labute approximate surface area is 107 Å². The van der Waals surface area contributed by atoms with Gasteiger partial charge in [0.1, 0.15) is 0 Å². The Morgan fingerprint density at radius 1 is 0.944 bits per heavy atom. The standard InChI is InChI=1S/C15H17NO2/c17-15-13-7-3-2-6-12(13)8-9-14(15)18-16-10-4-1-5-11-16/h2-3,6-9,17H,1,4-5,10-11H2. The van der Waals surface area contributed by atoms with E-state index >= 15 is 0 Å². The maximum atomic E-state index is 10.2. The molecule has 1 heterocycles. The average molecular weight is 243 g/mol. The van der Waals surface area contributed by atoms with Crippen molar-refractivity contribution in [3.8, 4) is 11.5 Å². The summed E-state index contributed by atoms with van der Waals surface area (Å²) in [4.78, 5) is 5.78. The minimum Gasteiger partial charge on any atom is -0.504 e. The van der Waals surface area contributed by atoms with Crippen LogP contribution in [0.5, 0.6) is 11.5 Å². The van der Waals surface area contributed by atoms with Gasteiger partial charge in [0, 0.05) is 18.5 Å². The van der Waals surface area contributed by atoms with Crippen molar-refractivity contribution < 1.29 is 9.94 Å².